The first-order valence-electron chi connectivity index (χ1n) is 6.59. The summed E-state index contributed by atoms with van der Waals surface area (Å²) in [6, 6.07) is 9.14. The van der Waals surface area contributed by atoms with Crippen LogP contribution in [-0.4, -0.2) is 26.7 Å². The van der Waals surface area contributed by atoms with E-state index in [-0.39, 0.29) is 0 Å². The zero-order valence-electron chi connectivity index (χ0n) is 11.8. The molecule has 0 radical (unpaired) electrons. The molecule has 3 rings (SSSR count). The van der Waals surface area contributed by atoms with Gasteiger partial charge < -0.3 is 10.6 Å². The van der Waals surface area contributed by atoms with Crippen molar-refractivity contribution in [3.05, 3.63) is 51.5 Å². The lowest BCUT2D eigenvalue weighted by Gasteiger charge is -2.11. The fourth-order valence-electron chi connectivity index (χ4n) is 2.00. The second kappa shape index (κ2) is 7.04. The van der Waals surface area contributed by atoms with Crippen molar-refractivity contribution in [1.82, 2.24) is 20.6 Å². The SMILES string of the molecule is O=C(Nc1cc(Cl)cc(Cl)c1)Nc1ccc(Cl)cc1-c1nn[nH]n1. The maximum absolute atomic E-state index is 12.2. The van der Waals surface area contributed by atoms with Gasteiger partial charge in [-0.1, -0.05) is 34.8 Å². The zero-order valence-corrected chi connectivity index (χ0v) is 14.1. The molecule has 24 heavy (non-hydrogen) atoms. The molecule has 0 aliphatic rings. The van der Waals surface area contributed by atoms with E-state index in [2.05, 4.69) is 31.3 Å². The van der Waals surface area contributed by atoms with Crippen LogP contribution in [0.3, 0.4) is 0 Å². The van der Waals surface area contributed by atoms with Gasteiger partial charge in [-0.15, -0.1) is 10.2 Å². The van der Waals surface area contributed by atoms with Crippen molar-refractivity contribution >= 4 is 52.2 Å². The van der Waals surface area contributed by atoms with Crippen LogP contribution in [-0.2, 0) is 0 Å². The Balaban J connectivity index is 1.82. The number of tetrazole rings is 1. The summed E-state index contributed by atoms with van der Waals surface area (Å²) < 4.78 is 0. The van der Waals surface area contributed by atoms with Crippen molar-refractivity contribution < 1.29 is 4.79 Å². The number of aromatic nitrogens is 4. The Morgan fingerprint density at radius 3 is 2.38 bits per heavy atom. The number of anilines is 2. The second-order valence-corrected chi connectivity index (χ2v) is 5.97. The fourth-order valence-corrected chi connectivity index (χ4v) is 2.70. The number of rotatable bonds is 3. The molecule has 0 spiro atoms. The lowest BCUT2D eigenvalue weighted by Crippen LogP contribution is -2.20. The lowest BCUT2D eigenvalue weighted by molar-refractivity contribution is 0.262. The third-order valence-electron chi connectivity index (χ3n) is 2.94. The highest BCUT2D eigenvalue weighted by Gasteiger charge is 2.13. The molecule has 1 heterocycles. The van der Waals surface area contributed by atoms with E-state index in [9.17, 15) is 4.79 Å². The second-order valence-electron chi connectivity index (χ2n) is 4.66. The Morgan fingerprint density at radius 2 is 1.71 bits per heavy atom. The van der Waals surface area contributed by atoms with Crippen LogP contribution in [0.15, 0.2) is 36.4 Å². The van der Waals surface area contributed by atoms with Gasteiger partial charge >= 0.3 is 6.03 Å². The molecule has 0 aliphatic carbocycles. The fraction of sp³-hybridized carbons (Fsp3) is 0. The quantitative estimate of drug-likeness (QED) is 0.621. The van der Waals surface area contributed by atoms with Crippen LogP contribution >= 0.6 is 34.8 Å². The highest BCUT2D eigenvalue weighted by atomic mass is 35.5. The van der Waals surface area contributed by atoms with Crippen molar-refractivity contribution in [2.45, 2.75) is 0 Å². The highest BCUT2D eigenvalue weighted by molar-refractivity contribution is 6.35. The van der Waals surface area contributed by atoms with Crippen LogP contribution < -0.4 is 10.6 Å². The van der Waals surface area contributed by atoms with Crippen LogP contribution in [0.5, 0.6) is 0 Å². The monoisotopic (exact) mass is 382 g/mol. The zero-order chi connectivity index (χ0) is 17.1. The molecule has 7 nitrogen and oxygen atoms in total. The Kier molecular flexibility index (Phi) is 4.84. The largest absolute Gasteiger partial charge is 0.323 e. The topological polar surface area (TPSA) is 95.6 Å². The number of aromatic amines is 1. The first-order chi connectivity index (χ1) is 11.5. The van der Waals surface area contributed by atoms with Gasteiger partial charge in [-0.05, 0) is 41.6 Å². The van der Waals surface area contributed by atoms with E-state index in [0.717, 1.165) is 0 Å². The molecule has 0 unspecified atom stereocenters. The molecule has 1 aromatic heterocycles. The van der Waals surface area contributed by atoms with E-state index >= 15 is 0 Å². The van der Waals surface area contributed by atoms with Gasteiger partial charge in [0.1, 0.15) is 0 Å². The number of carbonyl (C=O) groups excluding carboxylic acids is 1. The van der Waals surface area contributed by atoms with E-state index in [0.29, 0.717) is 37.8 Å². The van der Waals surface area contributed by atoms with Gasteiger partial charge in [0.2, 0.25) is 5.82 Å². The number of hydrogen-bond acceptors (Lipinski definition) is 4. The average molecular weight is 384 g/mol. The molecule has 0 bridgehead atoms. The minimum Gasteiger partial charge on any atom is -0.308 e. The lowest BCUT2D eigenvalue weighted by atomic mass is 10.1. The van der Waals surface area contributed by atoms with Gasteiger partial charge in [0.15, 0.2) is 0 Å². The van der Waals surface area contributed by atoms with E-state index < -0.39 is 6.03 Å². The highest BCUT2D eigenvalue weighted by Crippen LogP contribution is 2.28. The van der Waals surface area contributed by atoms with Crippen LogP contribution in [0, 0.1) is 0 Å². The third-order valence-corrected chi connectivity index (χ3v) is 3.61. The van der Waals surface area contributed by atoms with E-state index in [1.54, 1.807) is 36.4 Å². The van der Waals surface area contributed by atoms with Gasteiger partial charge in [-0.25, -0.2) is 4.79 Å². The van der Waals surface area contributed by atoms with E-state index in [4.69, 9.17) is 34.8 Å². The molecule has 0 fully saturated rings. The number of amides is 2. The smallest absolute Gasteiger partial charge is 0.308 e. The number of nitrogens with zero attached hydrogens (tertiary/aromatic N) is 3. The molecule has 3 aromatic rings. The van der Waals surface area contributed by atoms with Crippen LogP contribution in [0.25, 0.3) is 11.4 Å². The van der Waals surface area contributed by atoms with Crippen molar-refractivity contribution in [1.29, 1.82) is 0 Å². The molecule has 2 amide bonds. The number of urea groups is 1. The summed E-state index contributed by atoms with van der Waals surface area (Å²) in [5.74, 6) is 0.304. The number of H-pyrrole nitrogens is 1. The molecule has 122 valence electrons. The number of hydrogen-bond donors (Lipinski definition) is 3. The Morgan fingerprint density at radius 1 is 0.958 bits per heavy atom. The Bertz CT molecular complexity index is 864. The van der Waals surface area contributed by atoms with Crippen LogP contribution in [0.4, 0.5) is 16.2 Å². The summed E-state index contributed by atoms with van der Waals surface area (Å²) in [7, 11) is 0. The van der Waals surface area contributed by atoms with E-state index in [1.807, 2.05) is 0 Å². The third kappa shape index (κ3) is 3.94. The number of halogens is 3. The van der Waals surface area contributed by atoms with Crippen molar-refractivity contribution in [2.75, 3.05) is 10.6 Å². The Labute approximate surface area is 151 Å². The molecule has 0 atom stereocenters. The van der Waals surface area contributed by atoms with Gasteiger partial charge in [0.25, 0.3) is 0 Å². The summed E-state index contributed by atoms with van der Waals surface area (Å²) in [6.07, 6.45) is 0. The van der Waals surface area contributed by atoms with Crippen molar-refractivity contribution in [2.24, 2.45) is 0 Å². The predicted molar refractivity (Wildman–Crippen MR) is 93.7 cm³/mol. The Hall–Kier alpha value is -2.35. The summed E-state index contributed by atoms with van der Waals surface area (Å²) in [4.78, 5) is 12.2. The number of nitrogens with one attached hydrogen (secondary N) is 3. The first kappa shape index (κ1) is 16.5. The van der Waals surface area contributed by atoms with Gasteiger partial charge in [-0.2, -0.15) is 5.21 Å². The average Bonchev–Trinajstić information content (AvgIpc) is 3.02. The molecular weight excluding hydrogens is 375 g/mol. The summed E-state index contributed by atoms with van der Waals surface area (Å²) in [5, 5.41) is 20.3. The molecule has 0 saturated carbocycles. The summed E-state index contributed by atoms with van der Waals surface area (Å²) >= 11 is 17.8. The summed E-state index contributed by atoms with van der Waals surface area (Å²) in [5.41, 5.74) is 1.45. The molecule has 10 heteroatoms. The molecule has 2 aromatic carbocycles. The van der Waals surface area contributed by atoms with E-state index in [1.165, 1.54) is 0 Å². The van der Waals surface area contributed by atoms with Gasteiger partial charge in [0.05, 0.1) is 5.69 Å². The minimum atomic E-state index is -0.486. The van der Waals surface area contributed by atoms with Gasteiger partial charge in [-0.3, -0.25) is 0 Å². The maximum Gasteiger partial charge on any atom is 0.323 e. The van der Waals surface area contributed by atoms with Gasteiger partial charge in [0, 0.05) is 26.3 Å². The minimum absolute atomic E-state index is 0.304. The summed E-state index contributed by atoms with van der Waals surface area (Å²) in [6.45, 7) is 0. The van der Waals surface area contributed by atoms with Crippen LogP contribution in [0.1, 0.15) is 0 Å². The number of benzene rings is 2. The maximum atomic E-state index is 12.2. The van der Waals surface area contributed by atoms with Crippen LogP contribution in [0.2, 0.25) is 15.1 Å². The molecule has 3 N–H and O–H groups in total. The van der Waals surface area contributed by atoms with Crippen molar-refractivity contribution in [3.63, 3.8) is 0 Å². The normalized spacial score (nSPS) is 10.5. The number of carbonyl (C=O) groups is 1. The standard InChI is InChI=1S/C14H9Cl3N6O/c15-7-1-2-12(11(6-7)13-20-22-23-21-13)19-14(24)18-10-4-8(16)3-9(17)5-10/h1-6H,(H2,18,19,24)(H,20,21,22,23). The molecule has 0 saturated heterocycles. The first-order valence-corrected chi connectivity index (χ1v) is 7.72. The molecular formula is C14H9Cl3N6O. The predicted octanol–water partition coefficient (Wildman–Crippen LogP) is 4.47. The molecule has 0 aliphatic heterocycles. The van der Waals surface area contributed by atoms with Crippen molar-refractivity contribution in [3.8, 4) is 11.4 Å².